The smallest absolute Gasteiger partial charge is 0.381 e. The fourth-order valence-electron chi connectivity index (χ4n) is 2.50. The van der Waals surface area contributed by atoms with Gasteiger partial charge in [-0.05, 0) is 31.7 Å². The minimum Gasteiger partial charge on any atom is -0.381 e. The molecule has 2 heterocycles. The molecule has 1 amide bonds. The molecule has 23 heavy (non-hydrogen) atoms. The number of amides is 1. The second-order valence-electron chi connectivity index (χ2n) is 5.70. The number of ether oxygens (including phenoxy) is 1. The lowest BCUT2D eigenvalue weighted by Crippen LogP contribution is -2.30. The molecule has 8 heteroatoms. The molecule has 1 saturated heterocycles. The Kier molecular flexibility index (Phi) is 5.92. The van der Waals surface area contributed by atoms with Gasteiger partial charge in [-0.1, -0.05) is 0 Å². The van der Waals surface area contributed by atoms with Gasteiger partial charge in [0.25, 0.3) is 0 Å². The van der Waals surface area contributed by atoms with E-state index in [2.05, 4.69) is 15.3 Å². The fourth-order valence-corrected chi connectivity index (χ4v) is 2.50. The van der Waals surface area contributed by atoms with Crippen LogP contribution in [-0.4, -0.2) is 35.6 Å². The molecule has 1 atom stereocenters. The molecule has 1 fully saturated rings. The van der Waals surface area contributed by atoms with Gasteiger partial charge in [0.2, 0.25) is 5.91 Å². The number of rotatable bonds is 5. The third-order valence-corrected chi connectivity index (χ3v) is 3.59. The van der Waals surface area contributed by atoms with Gasteiger partial charge in [0.05, 0.1) is 0 Å². The highest BCUT2D eigenvalue weighted by Gasteiger charge is 2.33. The predicted molar refractivity (Wildman–Crippen MR) is 76.6 cm³/mol. The number of carbonyl (C=O) groups excluding carboxylic acids is 1. The van der Waals surface area contributed by atoms with E-state index in [0.29, 0.717) is 13.0 Å². The Morgan fingerprint density at radius 3 is 2.87 bits per heavy atom. The molecule has 1 aromatic rings. The zero-order valence-corrected chi connectivity index (χ0v) is 12.9. The van der Waals surface area contributed by atoms with Gasteiger partial charge in [-0.25, -0.2) is 9.97 Å². The molecule has 128 valence electrons. The number of nitrogens with zero attached hydrogens (tertiary/aromatic N) is 2. The molecule has 0 radical (unpaired) electrons. The molecular weight excluding hydrogens is 311 g/mol. The Balaban J connectivity index is 1.81. The van der Waals surface area contributed by atoms with Crippen LogP contribution in [0, 0.1) is 12.8 Å². The minimum atomic E-state index is -4.49. The van der Waals surface area contributed by atoms with Gasteiger partial charge in [-0.2, -0.15) is 13.2 Å². The molecule has 1 aromatic heterocycles. The summed E-state index contributed by atoms with van der Waals surface area (Å²) in [5.74, 6) is 0.179. The molecule has 5 nitrogen and oxygen atoms in total. The quantitative estimate of drug-likeness (QED) is 0.899. The largest absolute Gasteiger partial charge is 0.433 e. The van der Waals surface area contributed by atoms with Crippen molar-refractivity contribution < 1.29 is 22.7 Å². The molecule has 1 unspecified atom stereocenters. The average molecular weight is 331 g/mol. The van der Waals surface area contributed by atoms with E-state index < -0.39 is 11.9 Å². The van der Waals surface area contributed by atoms with Crippen LogP contribution in [0.1, 0.15) is 36.5 Å². The lowest BCUT2D eigenvalue weighted by atomic mass is 9.98. The maximum atomic E-state index is 12.7. The number of aryl methyl sites for hydroxylation is 1. The van der Waals surface area contributed by atoms with Gasteiger partial charge in [0.1, 0.15) is 11.5 Å². The summed E-state index contributed by atoms with van der Waals surface area (Å²) >= 11 is 0. The summed E-state index contributed by atoms with van der Waals surface area (Å²) < 4.78 is 43.4. The number of carbonyl (C=O) groups is 1. The summed E-state index contributed by atoms with van der Waals surface area (Å²) in [6.07, 6.45) is -2.04. The highest BCUT2D eigenvalue weighted by Crippen LogP contribution is 2.27. The second kappa shape index (κ2) is 7.72. The van der Waals surface area contributed by atoms with Gasteiger partial charge in [0, 0.05) is 38.3 Å². The van der Waals surface area contributed by atoms with Crippen molar-refractivity contribution in [3.05, 3.63) is 23.3 Å². The van der Waals surface area contributed by atoms with E-state index >= 15 is 0 Å². The first kappa shape index (κ1) is 17.7. The maximum absolute atomic E-state index is 12.7. The van der Waals surface area contributed by atoms with E-state index in [9.17, 15) is 18.0 Å². The molecule has 0 bridgehead atoms. The Hall–Kier alpha value is -1.70. The number of alkyl halides is 3. The van der Waals surface area contributed by atoms with Crippen LogP contribution in [0.15, 0.2) is 6.07 Å². The molecule has 1 aliphatic heterocycles. The number of hydrogen-bond donors (Lipinski definition) is 1. The molecule has 2 rings (SSSR count). The first-order chi connectivity index (χ1) is 10.8. The van der Waals surface area contributed by atoms with Crippen LogP contribution < -0.4 is 5.32 Å². The van der Waals surface area contributed by atoms with Crippen molar-refractivity contribution in [3.63, 3.8) is 0 Å². The van der Waals surface area contributed by atoms with E-state index in [1.807, 2.05) is 0 Å². The zero-order chi connectivity index (χ0) is 16.9. The number of aromatic nitrogens is 2. The molecule has 0 aliphatic carbocycles. The van der Waals surface area contributed by atoms with Crippen LogP contribution in [0.4, 0.5) is 13.2 Å². The maximum Gasteiger partial charge on any atom is 0.433 e. The summed E-state index contributed by atoms with van der Waals surface area (Å²) in [5, 5.41) is 2.70. The topological polar surface area (TPSA) is 64.1 Å². The third-order valence-electron chi connectivity index (χ3n) is 3.59. The first-order valence-corrected chi connectivity index (χ1v) is 7.61. The van der Waals surface area contributed by atoms with Gasteiger partial charge in [-0.3, -0.25) is 4.79 Å². The fraction of sp³-hybridized carbons (Fsp3) is 0.667. The monoisotopic (exact) mass is 331 g/mol. The number of nitrogens with one attached hydrogen (secondary N) is 1. The predicted octanol–water partition coefficient (Wildman–Crippen LogP) is 2.28. The Bertz CT molecular complexity index is 543. The van der Waals surface area contributed by atoms with Crippen LogP contribution in [0.5, 0.6) is 0 Å². The van der Waals surface area contributed by atoms with Crippen LogP contribution >= 0.6 is 0 Å². The van der Waals surface area contributed by atoms with E-state index in [0.717, 1.165) is 25.5 Å². The standard InChI is InChI=1S/C15H20F3N3O2/c1-10-7-12(15(16,17)18)21-13(20-10)4-5-19-14(22)8-11-3-2-6-23-9-11/h7,11H,2-6,8-9H2,1H3,(H,19,22). The minimum absolute atomic E-state index is 0.0821. The van der Waals surface area contributed by atoms with E-state index in [1.54, 1.807) is 0 Å². The summed E-state index contributed by atoms with van der Waals surface area (Å²) in [6.45, 7) is 3.03. The first-order valence-electron chi connectivity index (χ1n) is 7.61. The molecule has 1 N–H and O–H groups in total. The second-order valence-corrected chi connectivity index (χ2v) is 5.70. The van der Waals surface area contributed by atoms with E-state index in [-0.39, 0.29) is 36.3 Å². The normalized spacial score (nSPS) is 18.7. The van der Waals surface area contributed by atoms with Gasteiger partial charge < -0.3 is 10.1 Å². The Morgan fingerprint density at radius 2 is 2.22 bits per heavy atom. The lowest BCUT2D eigenvalue weighted by Gasteiger charge is -2.21. The van der Waals surface area contributed by atoms with Crippen molar-refractivity contribution in [2.75, 3.05) is 19.8 Å². The summed E-state index contributed by atoms with van der Waals surface area (Å²) in [4.78, 5) is 19.3. The van der Waals surface area contributed by atoms with Crippen molar-refractivity contribution in [1.29, 1.82) is 0 Å². The molecule has 1 aliphatic rings. The average Bonchev–Trinajstić information content (AvgIpc) is 2.47. The summed E-state index contributed by atoms with van der Waals surface area (Å²) in [6, 6.07) is 0.908. The van der Waals surface area contributed by atoms with Gasteiger partial charge >= 0.3 is 6.18 Å². The molecular formula is C15H20F3N3O2. The Morgan fingerprint density at radius 1 is 1.43 bits per heavy atom. The number of halogens is 3. The molecule has 0 aromatic carbocycles. The highest BCUT2D eigenvalue weighted by atomic mass is 19.4. The van der Waals surface area contributed by atoms with Crippen LogP contribution in [0.25, 0.3) is 0 Å². The molecule has 0 spiro atoms. The third kappa shape index (κ3) is 5.78. The molecule has 0 saturated carbocycles. The summed E-state index contributed by atoms with van der Waals surface area (Å²) in [7, 11) is 0. The Labute approximate surface area is 132 Å². The van der Waals surface area contributed by atoms with Crippen molar-refractivity contribution in [2.24, 2.45) is 5.92 Å². The zero-order valence-electron chi connectivity index (χ0n) is 12.9. The SMILES string of the molecule is Cc1cc(C(F)(F)F)nc(CCNC(=O)CC2CCCOC2)n1. The summed E-state index contributed by atoms with van der Waals surface area (Å²) in [5.41, 5.74) is -0.696. The highest BCUT2D eigenvalue weighted by molar-refractivity contribution is 5.76. The van der Waals surface area contributed by atoms with Crippen LogP contribution in [0.3, 0.4) is 0 Å². The van der Waals surface area contributed by atoms with Crippen molar-refractivity contribution in [2.45, 2.75) is 38.8 Å². The lowest BCUT2D eigenvalue weighted by molar-refractivity contribution is -0.141. The number of hydrogen-bond acceptors (Lipinski definition) is 4. The van der Waals surface area contributed by atoms with E-state index in [1.165, 1.54) is 6.92 Å². The van der Waals surface area contributed by atoms with Crippen molar-refractivity contribution in [3.8, 4) is 0 Å². The van der Waals surface area contributed by atoms with Gasteiger partial charge in [-0.15, -0.1) is 0 Å². The van der Waals surface area contributed by atoms with E-state index in [4.69, 9.17) is 4.74 Å². The van der Waals surface area contributed by atoms with Crippen molar-refractivity contribution in [1.82, 2.24) is 15.3 Å². The van der Waals surface area contributed by atoms with Crippen LogP contribution in [-0.2, 0) is 22.1 Å². The van der Waals surface area contributed by atoms with Crippen LogP contribution in [0.2, 0.25) is 0 Å². The van der Waals surface area contributed by atoms with Gasteiger partial charge in [0.15, 0.2) is 0 Å². The van der Waals surface area contributed by atoms with Crippen molar-refractivity contribution >= 4 is 5.91 Å².